The van der Waals surface area contributed by atoms with Crippen LogP contribution in [0.15, 0.2) is 22.7 Å². The van der Waals surface area contributed by atoms with Gasteiger partial charge in [-0.2, -0.15) is 4.98 Å². The molecule has 0 saturated heterocycles. The molecule has 6 heteroatoms. The molecule has 0 aliphatic heterocycles. The van der Waals surface area contributed by atoms with E-state index in [2.05, 4.69) is 15.5 Å². The van der Waals surface area contributed by atoms with E-state index in [-0.39, 0.29) is 0 Å². The zero-order chi connectivity index (χ0) is 13.9. The van der Waals surface area contributed by atoms with Crippen molar-refractivity contribution in [3.63, 3.8) is 0 Å². The molecule has 1 aromatic carbocycles. The Bertz CT molecular complexity index is 593. The van der Waals surface area contributed by atoms with Crippen LogP contribution >= 0.6 is 0 Å². The van der Waals surface area contributed by atoms with Gasteiger partial charge in [0.1, 0.15) is 0 Å². The highest BCUT2D eigenvalue weighted by molar-refractivity contribution is 5.43. The molecule has 3 rings (SSSR count). The first kappa shape index (κ1) is 12.8. The molecule has 0 amide bonds. The molecular formula is C14H17N3O3. The van der Waals surface area contributed by atoms with Gasteiger partial charge in [0.25, 0.3) is 0 Å². The molecule has 1 aliphatic rings. The summed E-state index contributed by atoms with van der Waals surface area (Å²) in [7, 11) is 3.24. The molecule has 1 aliphatic carbocycles. The lowest BCUT2D eigenvalue weighted by Gasteiger charge is -2.08. The standard InChI is InChI=1S/C14H17N3O3/c1-18-11-6-3-9(7-12(11)19-2)8-13-16-14(20-17-13)15-10-4-5-10/h3,6-7,10H,4-5,8H2,1-2H3,(H,15,16,17). The van der Waals surface area contributed by atoms with Crippen molar-refractivity contribution in [3.05, 3.63) is 29.6 Å². The van der Waals surface area contributed by atoms with Gasteiger partial charge in [-0.15, -0.1) is 0 Å². The fraction of sp³-hybridized carbons (Fsp3) is 0.429. The third-order valence-electron chi connectivity index (χ3n) is 3.18. The number of ether oxygens (including phenoxy) is 2. The number of nitrogens with zero attached hydrogens (tertiary/aromatic N) is 2. The molecule has 20 heavy (non-hydrogen) atoms. The molecule has 1 fully saturated rings. The van der Waals surface area contributed by atoms with E-state index in [1.807, 2.05) is 18.2 Å². The van der Waals surface area contributed by atoms with E-state index >= 15 is 0 Å². The summed E-state index contributed by atoms with van der Waals surface area (Å²) in [6.45, 7) is 0. The molecule has 0 radical (unpaired) electrons. The first-order valence-corrected chi connectivity index (χ1v) is 6.58. The second kappa shape index (κ2) is 5.40. The van der Waals surface area contributed by atoms with E-state index in [9.17, 15) is 0 Å². The van der Waals surface area contributed by atoms with Crippen LogP contribution in [0.2, 0.25) is 0 Å². The summed E-state index contributed by atoms with van der Waals surface area (Å²) in [5.41, 5.74) is 1.04. The van der Waals surface area contributed by atoms with Gasteiger partial charge < -0.3 is 19.3 Å². The van der Waals surface area contributed by atoms with Gasteiger partial charge in [-0.25, -0.2) is 0 Å². The van der Waals surface area contributed by atoms with Crippen molar-refractivity contribution in [2.45, 2.75) is 25.3 Å². The van der Waals surface area contributed by atoms with E-state index in [1.165, 1.54) is 12.8 Å². The number of methoxy groups -OCH3 is 2. The van der Waals surface area contributed by atoms with Crippen LogP contribution in [0, 0.1) is 0 Å². The number of rotatable bonds is 6. The van der Waals surface area contributed by atoms with Gasteiger partial charge in [-0.3, -0.25) is 0 Å². The minimum atomic E-state index is 0.503. The van der Waals surface area contributed by atoms with Crippen molar-refractivity contribution in [3.8, 4) is 11.5 Å². The van der Waals surface area contributed by atoms with Gasteiger partial charge in [0.2, 0.25) is 0 Å². The van der Waals surface area contributed by atoms with Gasteiger partial charge in [-0.1, -0.05) is 11.2 Å². The SMILES string of the molecule is COc1ccc(Cc2noc(NC3CC3)n2)cc1OC. The van der Waals surface area contributed by atoms with Gasteiger partial charge >= 0.3 is 6.01 Å². The maximum absolute atomic E-state index is 5.28. The first-order chi connectivity index (χ1) is 9.78. The van der Waals surface area contributed by atoms with Crippen molar-refractivity contribution in [2.24, 2.45) is 0 Å². The van der Waals surface area contributed by atoms with Crippen LogP contribution in [-0.4, -0.2) is 30.4 Å². The number of hydrogen-bond acceptors (Lipinski definition) is 6. The van der Waals surface area contributed by atoms with Crippen molar-refractivity contribution in [1.29, 1.82) is 0 Å². The Labute approximate surface area is 117 Å². The molecule has 2 aromatic rings. The Hall–Kier alpha value is -2.24. The summed E-state index contributed by atoms with van der Waals surface area (Å²) in [5, 5.41) is 7.15. The van der Waals surface area contributed by atoms with E-state index < -0.39 is 0 Å². The molecule has 1 N–H and O–H groups in total. The van der Waals surface area contributed by atoms with E-state index in [0.29, 0.717) is 35.8 Å². The number of nitrogens with one attached hydrogen (secondary N) is 1. The lowest BCUT2D eigenvalue weighted by atomic mass is 10.1. The van der Waals surface area contributed by atoms with Crippen molar-refractivity contribution in [1.82, 2.24) is 10.1 Å². The molecule has 106 valence electrons. The quantitative estimate of drug-likeness (QED) is 0.872. The molecule has 0 bridgehead atoms. The summed E-state index contributed by atoms with van der Waals surface area (Å²) in [5.74, 6) is 2.06. The topological polar surface area (TPSA) is 69.4 Å². The van der Waals surface area contributed by atoms with E-state index in [1.54, 1.807) is 14.2 Å². The van der Waals surface area contributed by atoms with Crippen molar-refractivity contribution >= 4 is 6.01 Å². The third-order valence-corrected chi connectivity index (χ3v) is 3.18. The average Bonchev–Trinajstić information content (AvgIpc) is 3.17. The second-order valence-electron chi connectivity index (χ2n) is 4.80. The largest absolute Gasteiger partial charge is 0.493 e. The molecular weight excluding hydrogens is 258 g/mol. The summed E-state index contributed by atoms with van der Waals surface area (Å²) < 4.78 is 15.7. The maximum atomic E-state index is 5.28. The van der Waals surface area contributed by atoms with Crippen LogP contribution < -0.4 is 14.8 Å². The second-order valence-corrected chi connectivity index (χ2v) is 4.80. The zero-order valence-corrected chi connectivity index (χ0v) is 11.5. The molecule has 6 nitrogen and oxygen atoms in total. The van der Waals surface area contributed by atoms with Gasteiger partial charge in [0.05, 0.1) is 14.2 Å². The van der Waals surface area contributed by atoms with Crippen LogP contribution in [0.25, 0.3) is 0 Å². The van der Waals surface area contributed by atoms with E-state index in [0.717, 1.165) is 5.56 Å². The minimum absolute atomic E-state index is 0.503. The van der Waals surface area contributed by atoms with Crippen LogP contribution in [0.3, 0.4) is 0 Å². The molecule has 0 atom stereocenters. The molecule has 1 heterocycles. The van der Waals surface area contributed by atoms with Crippen LogP contribution in [0.5, 0.6) is 11.5 Å². The van der Waals surface area contributed by atoms with Gasteiger partial charge in [-0.05, 0) is 30.5 Å². The highest BCUT2D eigenvalue weighted by atomic mass is 16.5. The number of benzene rings is 1. The van der Waals surface area contributed by atoms with Crippen LogP contribution in [-0.2, 0) is 6.42 Å². The first-order valence-electron chi connectivity index (χ1n) is 6.58. The monoisotopic (exact) mass is 275 g/mol. The van der Waals surface area contributed by atoms with Crippen LogP contribution in [0.4, 0.5) is 6.01 Å². The molecule has 1 saturated carbocycles. The van der Waals surface area contributed by atoms with Gasteiger partial charge in [0, 0.05) is 12.5 Å². The smallest absolute Gasteiger partial charge is 0.321 e. The predicted molar refractivity (Wildman–Crippen MR) is 73.3 cm³/mol. The highest BCUT2D eigenvalue weighted by Gasteiger charge is 2.23. The lowest BCUT2D eigenvalue weighted by molar-refractivity contribution is 0.354. The maximum Gasteiger partial charge on any atom is 0.321 e. The molecule has 0 unspecified atom stereocenters. The van der Waals surface area contributed by atoms with Crippen molar-refractivity contribution < 1.29 is 14.0 Å². The summed E-state index contributed by atoms with van der Waals surface area (Å²) in [6.07, 6.45) is 2.94. The summed E-state index contributed by atoms with van der Waals surface area (Å²) in [6, 6.07) is 6.76. The number of hydrogen-bond donors (Lipinski definition) is 1. The number of anilines is 1. The van der Waals surface area contributed by atoms with Crippen molar-refractivity contribution in [2.75, 3.05) is 19.5 Å². The Morgan fingerprint density at radius 3 is 2.75 bits per heavy atom. The summed E-state index contributed by atoms with van der Waals surface area (Å²) in [4.78, 5) is 4.32. The Balaban J connectivity index is 1.71. The van der Waals surface area contributed by atoms with Gasteiger partial charge in [0.15, 0.2) is 17.3 Å². The normalized spacial score (nSPS) is 14.1. The molecule has 0 spiro atoms. The fourth-order valence-electron chi connectivity index (χ4n) is 1.96. The Morgan fingerprint density at radius 1 is 1.25 bits per heavy atom. The highest BCUT2D eigenvalue weighted by Crippen LogP contribution is 2.28. The lowest BCUT2D eigenvalue weighted by Crippen LogP contribution is -2.01. The predicted octanol–water partition coefficient (Wildman–Crippen LogP) is 2.25. The molecule has 1 aromatic heterocycles. The van der Waals surface area contributed by atoms with Crippen LogP contribution in [0.1, 0.15) is 24.2 Å². The fourth-order valence-corrected chi connectivity index (χ4v) is 1.96. The third kappa shape index (κ3) is 2.84. The Kier molecular flexibility index (Phi) is 3.45. The van der Waals surface area contributed by atoms with E-state index in [4.69, 9.17) is 14.0 Å². The average molecular weight is 275 g/mol. The summed E-state index contributed by atoms with van der Waals surface area (Å²) >= 11 is 0. The Morgan fingerprint density at radius 2 is 2.05 bits per heavy atom. The number of aromatic nitrogens is 2. The zero-order valence-electron chi connectivity index (χ0n) is 11.5. The minimum Gasteiger partial charge on any atom is -0.493 e.